The molecule has 0 rings (SSSR count). The van der Waals surface area contributed by atoms with Gasteiger partial charge >= 0.3 is 0 Å². The van der Waals surface area contributed by atoms with Gasteiger partial charge in [0.05, 0.1) is 18.8 Å². The Hall–Kier alpha value is -3.21. The summed E-state index contributed by atoms with van der Waals surface area (Å²) in [6.45, 7) is 4.18. The summed E-state index contributed by atoms with van der Waals surface area (Å²) in [5.41, 5.74) is 0. The van der Waals surface area contributed by atoms with Gasteiger partial charge in [0.25, 0.3) is 0 Å². The maximum Gasteiger partial charge on any atom is 0.220 e. The number of unbranched alkanes of at least 4 members (excludes halogenated alkanes) is 24. The second-order valence-electron chi connectivity index (χ2n) is 18.3. The second kappa shape index (κ2) is 56.1. The number of allylic oxidation sites excluding steroid dienone is 19. The molecular weight excluding hydrogens is 807 g/mol. The molecule has 0 saturated heterocycles. The van der Waals surface area contributed by atoms with E-state index in [1.165, 1.54) is 141 Å². The van der Waals surface area contributed by atoms with Crippen molar-refractivity contribution in [1.82, 2.24) is 5.32 Å². The summed E-state index contributed by atoms with van der Waals surface area (Å²) in [6.07, 6.45) is 86.4. The predicted molar refractivity (Wildman–Crippen MR) is 294 cm³/mol. The van der Waals surface area contributed by atoms with Gasteiger partial charge in [-0.1, -0.05) is 277 Å². The van der Waals surface area contributed by atoms with Crippen LogP contribution in [0.1, 0.15) is 245 Å². The Labute approximate surface area is 409 Å². The molecule has 4 nitrogen and oxygen atoms in total. The minimum Gasteiger partial charge on any atom is -0.394 e. The van der Waals surface area contributed by atoms with Gasteiger partial charge in [0.2, 0.25) is 5.91 Å². The first-order valence-corrected chi connectivity index (χ1v) is 27.7. The van der Waals surface area contributed by atoms with Crippen LogP contribution in [0.3, 0.4) is 0 Å². The van der Waals surface area contributed by atoms with Gasteiger partial charge in [-0.15, -0.1) is 0 Å². The van der Waals surface area contributed by atoms with Gasteiger partial charge in [-0.3, -0.25) is 4.79 Å². The van der Waals surface area contributed by atoms with Crippen LogP contribution in [0.25, 0.3) is 0 Å². The average molecular weight is 913 g/mol. The second-order valence-corrected chi connectivity index (χ2v) is 18.3. The first-order valence-electron chi connectivity index (χ1n) is 27.7. The van der Waals surface area contributed by atoms with Crippen LogP contribution in [0.5, 0.6) is 0 Å². The number of nitrogens with one attached hydrogen (secondary N) is 1. The molecule has 0 aliphatic rings. The van der Waals surface area contributed by atoms with Gasteiger partial charge in [-0.05, 0) is 83.5 Å². The first kappa shape index (κ1) is 62.8. The van der Waals surface area contributed by atoms with E-state index in [1.54, 1.807) is 6.08 Å². The third-order valence-electron chi connectivity index (χ3n) is 12.0. The van der Waals surface area contributed by atoms with Gasteiger partial charge in [-0.25, -0.2) is 0 Å². The highest BCUT2D eigenvalue weighted by Gasteiger charge is 2.17. The number of hydrogen-bond acceptors (Lipinski definition) is 3. The van der Waals surface area contributed by atoms with E-state index in [-0.39, 0.29) is 12.5 Å². The van der Waals surface area contributed by atoms with Crippen LogP contribution in [0.2, 0.25) is 0 Å². The summed E-state index contributed by atoms with van der Waals surface area (Å²) in [6, 6.07) is -0.663. The number of aliphatic hydroxyl groups excluding tert-OH is 2. The number of amides is 1. The fourth-order valence-electron chi connectivity index (χ4n) is 7.77. The highest BCUT2D eigenvalue weighted by Crippen LogP contribution is 2.16. The number of carbonyl (C=O) groups is 1. The quantitative estimate of drug-likeness (QED) is 0.0421. The van der Waals surface area contributed by atoms with Gasteiger partial charge in [0.1, 0.15) is 0 Å². The standard InChI is InChI=1S/C62H105NO3/c1-3-5-7-9-11-13-15-17-19-21-23-25-27-29-30-31-32-34-36-38-40-42-44-46-48-50-52-54-56-58-62(66)63-60(59-64)61(65)57-55-53-51-49-47-45-43-41-39-37-35-33-28-26-24-22-20-18-16-14-12-10-8-6-4-2/h5,7,11,13,17,19,23,25,29-30,32,34,38,40,44,46,50,52,55,57,60-61,64-65H,3-4,6,8-10,12,14-16,18,20-22,24,26-28,31,33,35-37,39,41-43,45,47-49,51,53-54,56,58-59H2,1-2H3,(H,63,66)/b7-5-,13-11-,19-17-,25-23-,30-29-,34-32-,40-38-,46-44-,52-50-,57-55+. The lowest BCUT2D eigenvalue weighted by Crippen LogP contribution is -2.45. The Kier molecular flexibility index (Phi) is 53.4. The molecule has 2 unspecified atom stereocenters. The van der Waals surface area contributed by atoms with E-state index in [9.17, 15) is 15.0 Å². The molecule has 1 amide bonds. The van der Waals surface area contributed by atoms with Gasteiger partial charge in [0.15, 0.2) is 0 Å². The maximum atomic E-state index is 12.4. The van der Waals surface area contributed by atoms with Crippen LogP contribution in [-0.4, -0.2) is 34.9 Å². The van der Waals surface area contributed by atoms with Gasteiger partial charge in [-0.2, -0.15) is 0 Å². The van der Waals surface area contributed by atoms with Crippen molar-refractivity contribution in [1.29, 1.82) is 0 Å². The van der Waals surface area contributed by atoms with Crippen LogP contribution >= 0.6 is 0 Å². The SMILES string of the molecule is CC/C=C\C/C=C\C/C=C\C/C=C\C/C=C\C/C=C\C/C=C\C/C=C\C/C=C\CCCC(=O)NC(CO)C(O)/C=C/CCCCCCCCCCCCCCCCCCCCCCCCC. The number of rotatable bonds is 49. The molecule has 0 heterocycles. The van der Waals surface area contributed by atoms with E-state index < -0.39 is 12.1 Å². The number of hydrogen-bond donors (Lipinski definition) is 3. The Morgan fingerprint density at radius 2 is 0.667 bits per heavy atom. The zero-order valence-electron chi connectivity index (χ0n) is 43.2. The summed E-state index contributed by atoms with van der Waals surface area (Å²) >= 11 is 0. The smallest absolute Gasteiger partial charge is 0.220 e. The van der Waals surface area contributed by atoms with Crippen LogP contribution in [0.15, 0.2) is 122 Å². The molecule has 2 atom stereocenters. The molecule has 0 aromatic heterocycles. The van der Waals surface area contributed by atoms with Crippen molar-refractivity contribution >= 4 is 5.91 Å². The third kappa shape index (κ3) is 51.8. The fourth-order valence-corrected chi connectivity index (χ4v) is 7.77. The first-order chi connectivity index (χ1) is 32.7. The van der Waals surface area contributed by atoms with E-state index in [2.05, 4.69) is 129 Å². The van der Waals surface area contributed by atoms with E-state index >= 15 is 0 Å². The molecule has 0 spiro atoms. The molecular formula is C62H105NO3. The monoisotopic (exact) mass is 912 g/mol. The van der Waals surface area contributed by atoms with Crippen molar-refractivity contribution in [3.8, 4) is 0 Å². The van der Waals surface area contributed by atoms with Gasteiger partial charge in [0, 0.05) is 6.42 Å². The zero-order chi connectivity index (χ0) is 47.7. The topological polar surface area (TPSA) is 69.6 Å². The lowest BCUT2D eigenvalue weighted by molar-refractivity contribution is -0.122. The number of carbonyl (C=O) groups excluding carboxylic acids is 1. The molecule has 376 valence electrons. The molecule has 66 heavy (non-hydrogen) atoms. The summed E-state index contributed by atoms with van der Waals surface area (Å²) < 4.78 is 0. The van der Waals surface area contributed by atoms with Crippen molar-refractivity contribution < 1.29 is 15.0 Å². The zero-order valence-corrected chi connectivity index (χ0v) is 43.2. The minimum atomic E-state index is -0.873. The molecule has 0 aliphatic heterocycles. The molecule has 0 aromatic carbocycles. The van der Waals surface area contributed by atoms with Gasteiger partial charge < -0.3 is 15.5 Å². The molecule has 4 heteroatoms. The Morgan fingerprint density at radius 1 is 0.379 bits per heavy atom. The van der Waals surface area contributed by atoms with Crippen molar-refractivity contribution in [2.24, 2.45) is 0 Å². The van der Waals surface area contributed by atoms with Crippen LogP contribution in [0, 0.1) is 0 Å². The van der Waals surface area contributed by atoms with Crippen molar-refractivity contribution in [2.75, 3.05) is 6.61 Å². The molecule has 0 bridgehead atoms. The molecule has 0 aromatic rings. The molecule has 0 radical (unpaired) electrons. The minimum absolute atomic E-state index is 0.125. The summed E-state index contributed by atoms with van der Waals surface area (Å²) in [5, 5.41) is 23.1. The average Bonchev–Trinajstić information content (AvgIpc) is 3.32. The van der Waals surface area contributed by atoms with E-state index in [1.807, 2.05) is 6.08 Å². The maximum absolute atomic E-state index is 12.4. The Morgan fingerprint density at radius 3 is 0.985 bits per heavy atom. The predicted octanol–water partition coefficient (Wildman–Crippen LogP) is 18.5. The summed E-state index contributed by atoms with van der Waals surface area (Å²) in [5.74, 6) is -0.125. The molecule has 0 aliphatic carbocycles. The molecule has 0 fully saturated rings. The lowest BCUT2D eigenvalue weighted by Gasteiger charge is -2.19. The van der Waals surface area contributed by atoms with E-state index in [0.29, 0.717) is 6.42 Å². The summed E-state index contributed by atoms with van der Waals surface area (Å²) in [7, 11) is 0. The Bertz CT molecular complexity index is 1310. The normalized spacial score (nSPS) is 13.8. The lowest BCUT2D eigenvalue weighted by atomic mass is 10.0. The highest BCUT2D eigenvalue weighted by atomic mass is 16.3. The van der Waals surface area contributed by atoms with E-state index in [0.717, 1.165) is 83.5 Å². The fraction of sp³-hybridized carbons (Fsp3) is 0.661. The van der Waals surface area contributed by atoms with E-state index in [4.69, 9.17) is 0 Å². The summed E-state index contributed by atoms with van der Waals surface area (Å²) in [4.78, 5) is 12.4. The molecule has 3 N–H and O–H groups in total. The highest BCUT2D eigenvalue weighted by molar-refractivity contribution is 5.76. The van der Waals surface area contributed by atoms with Crippen molar-refractivity contribution in [2.45, 2.75) is 257 Å². The van der Waals surface area contributed by atoms with Crippen LogP contribution in [0.4, 0.5) is 0 Å². The molecule has 0 saturated carbocycles. The van der Waals surface area contributed by atoms with Crippen molar-refractivity contribution in [3.05, 3.63) is 122 Å². The third-order valence-corrected chi connectivity index (χ3v) is 12.0. The Balaban J connectivity index is 3.69. The van der Waals surface area contributed by atoms with Crippen molar-refractivity contribution in [3.63, 3.8) is 0 Å². The van der Waals surface area contributed by atoms with Crippen LogP contribution in [-0.2, 0) is 4.79 Å². The van der Waals surface area contributed by atoms with Crippen LogP contribution < -0.4 is 5.32 Å². The number of aliphatic hydroxyl groups is 2. The largest absolute Gasteiger partial charge is 0.394 e.